The van der Waals surface area contributed by atoms with Crippen LogP contribution in [0.4, 0.5) is 0 Å². The molecule has 0 radical (unpaired) electrons. The maximum Gasteiger partial charge on any atom is 0.0595 e. The molecule has 0 aliphatic rings. The molecule has 2 aromatic rings. The van der Waals surface area contributed by atoms with Crippen LogP contribution in [-0.4, -0.2) is 7.05 Å². The number of rotatable bonds is 4. The molecule has 0 bridgehead atoms. The van der Waals surface area contributed by atoms with Crippen molar-refractivity contribution in [2.24, 2.45) is 0 Å². The van der Waals surface area contributed by atoms with Crippen LogP contribution in [0.2, 0.25) is 15.1 Å². The van der Waals surface area contributed by atoms with E-state index in [2.05, 4.69) is 11.4 Å². The fourth-order valence-electron chi connectivity index (χ4n) is 2.17. The first-order chi connectivity index (χ1) is 9.51. The minimum absolute atomic E-state index is 0.211. The van der Waals surface area contributed by atoms with E-state index in [1.807, 2.05) is 44.3 Å². The van der Waals surface area contributed by atoms with Gasteiger partial charge in [-0.15, -0.1) is 0 Å². The first-order valence-corrected chi connectivity index (χ1v) is 7.52. The SMILES string of the molecule is CNC(Cc1ccc(Cl)c(Cl)c1)c1ccc(Cl)c(C)c1. The summed E-state index contributed by atoms with van der Waals surface area (Å²) in [6.45, 7) is 2.01. The monoisotopic (exact) mass is 327 g/mol. The molecular formula is C16H16Cl3N. The molecule has 0 heterocycles. The molecule has 0 aliphatic carbocycles. The molecule has 0 fully saturated rings. The second-order valence-electron chi connectivity index (χ2n) is 4.80. The molecule has 1 nitrogen and oxygen atoms in total. The Labute approximate surface area is 134 Å². The van der Waals surface area contributed by atoms with Crippen LogP contribution >= 0.6 is 34.8 Å². The van der Waals surface area contributed by atoms with Crippen LogP contribution in [0.1, 0.15) is 22.7 Å². The summed E-state index contributed by atoms with van der Waals surface area (Å²) in [7, 11) is 1.95. The second kappa shape index (κ2) is 6.82. The third-order valence-corrected chi connectivity index (χ3v) is 4.52. The number of benzene rings is 2. The van der Waals surface area contributed by atoms with Crippen molar-refractivity contribution in [2.45, 2.75) is 19.4 Å². The van der Waals surface area contributed by atoms with Crippen molar-refractivity contribution in [3.05, 3.63) is 68.2 Å². The zero-order valence-electron chi connectivity index (χ0n) is 11.4. The van der Waals surface area contributed by atoms with Gasteiger partial charge in [-0.05, 0) is 55.3 Å². The number of nitrogens with one attached hydrogen (secondary N) is 1. The standard InChI is InChI=1S/C16H16Cl3N/c1-10-7-12(4-6-13(10)17)16(20-2)9-11-3-5-14(18)15(19)8-11/h3-8,16,20H,9H2,1-2H3. The van der Waals surface area contributed by atoms with Gasteiger partial charge < -0.3 is 5.32 Å². The van der Waals surface area contributed by atoms with Gasteiger partial charge >= 0.3 is 0 Å². The molecule has 0 saturated carbocycles. The molecule has 0 saturated heterocycles. The van der Waals surface area contributed by atoms with Crippen molar-refractivity contribution in [1.29, 1.82) is 0 Å². The molecule has 1 atom stereocenters. The van der Waals surface area contributed by atoms with Gasteiger partial charge in [0.1, 0.15) is 0 Å². The van der Waals surface area contributed by atoms with Gasteiger partial charge in [-0.1, -0.05) is 53.0 Å². The van der Waals surface area contributed by atoms with Crippen LogP contribution < -0.4 is 5.32 Å². The molecule has 0 amide bonds. The van der Waals surface area contributed by atoms with E-state index in [-0.39, 0.29) is 6.04 Å². The largest absolute Gasteiger partial charge is 0.313 e. The lowest BCUT2D eigenvalue weighted by Gasteiger charge is -2.18. The third kappa shape index (κ3) is 3.67. The van der Waals surface area contributed by atoms with Crippen molar-refractivity contribution >= 4 is 34.8 Å². The predicted molar refractivity (Wildman–Crippen MR) is 88.2 cm³/mol. The van der Waals surface area contributed by atoms with Crippen LogP contribution in [0, 0.1) is 6.92 Å². The van der Waals surface area contributed by atoms with Crippen molar-refractivity contribution in [1.82, 2.24) is 5.32 Å². The Morgan fingerprint density at radius 2 is 1.65 bits per heavy atom. The lowest BCUT2D eigenvalue weighted by atomic mass is 9.98. The first kappa shape index (κ1) is 15.7. The quantitative estimate of drug-likeness (QED) is 0.786. The highest BCUT2D eigenvalue weighted by Crippen LogP contribution is 2.27. The number of likely N-dealkylation sites (N-methyl/N-ethyl adjacent to an activating group) is 1. The third-order valence-electron chi connectivity index (χ3n) is 3.36. The van der Waals surface area contributed by atoms with Crippen LogP contribution in [0.5, 0.6) is 0 Å². The Kier molecular flexibility index (Phi) is 5.34. The first-order valence-electron chi connectivity index (χ1n) is 6.38. The smallest absolute Gasteiger partial charge is 0.0595 e. The molecule has 1 unspecified atom stereocenters. The summed E-state index contributed by atoms with van der Waals surface area (Å²) in [5, 5.41) is 5.29. The lowest BCUT2D eigenvalue weighted by molar-refractivity contribution is 0.592. The number of aryl methyl sites for hydroxylation is 1. The summed E-state index contributed by atoms with van der Waals surface area (Å²) in [5.74, 6) is 0. The van der Waals surface area contributed by atoms with E-state index in [0.717, 1.165) is 22.6 Å². The Bertz CT molecular complexity index is 611. The predicted octanol–water partition coefficient (Wildman–Crippen LogP) is 5.46. The fraction of sp³-hybridized carbons (Fsp3) is 0.250. The van der Waals surface area contributed by atoms with E-state index >= 15 is 0 Å². The number of hydrogen-bond donors (Lipinski definition) is 1. The van der Waals surface area contributed by atoms with Gasteiger partial charge in [-0.25, -0.2) is 0 Å². The number of hydrogen-bond acceptors (Lipinski definition) is 1. The zero-order valence-corrected chi connectivity index (χ0v) is 13.7. The maximum absolute atomic E-state index is 6.07. The van der Waals surface area contributed by atoms with Gasteiger partial charge in [0.05, 0.1) is 10.0 Å². The summed E-state index contributed by atoms with van der Waals surface area (Å²) in [5.41, 5.74) is 3.44. The van der Waals surface area contributed by atoms with Crippen LogP contribution in [0.3, 0.4) is 0 Å². The van der Waals surface area contributed by atoms with E-state index in [1.54, 1.807) is 0 Å². The molecule has 4 heteroatoms. The van der Waals surface area contributed by atoms with E-state index in [1.165, 1.54) is 5.56 Å². The number of halogens is 3. The summed E-state index contributed by atoms with van der Waals surface area (Å²) in [4.78, 5) is 0. The molecule has 20 heavy (non-hydrogen) atoms. The Morgan fingerprint density at radius 1 is 0.950 bits per heavy atom. The zero-order chi connectivity index (χ0) is 14.7. The van der Waals surface area contributed by atoms with Gasteiger partial charge in [-0.3, -0.25) is 0 Å². The van der Waals surface area contributed by atoms with E-state index < -0.39 is 0 Å². The lowest BCUT2D eigenvalue weighted by Crippen LogP contribution is -2.19. The maximum atomic E-state index is 6.07. The van der Waals surface area contributed by atoms with Gasteiger partial charge in [0.15, 0.2) is 0 Å². The summed E-state index contributed by atoms with van der Waals surface area (Å²) in [6, 6.07) is 12.1. The summed E-state index contributed by atoms with van der Waals surface area (Å²) in [6.07, 6.45) is 0.842. The average Bonchev–Trinajstić information content (AvgIpc) is 2.43. The second-order valence-corrected chi connectivity index (χ2v) is 6.02. The Hall–Kier alpha value is -0.730. The van der Waals surface area contributed by atoms with Crippen molar-refractivity contribution in [2.75, 3.05) is 7.05 Å². The average molecular weight is 329 g/mol. The molecule has 0 aliphatic heterocycles. The van der Waals surface area contributed by atoms with Crippen molar-refractivity contribution < 1.29 is 0 Å². The Morgan fingerprint density at radius 3 is 2.25 bits per heavy atom. The molecule has 2 aromatic carbocycles. The fourth-order valence-corrected chi connectivity index (χ4v) is 2.61. The highest BCUT2D eigenvalue weighted by Gasteiger charge is 2.12. The molecule has 106 valence electrons. The summed E-state index contributed by atoms with van der Waals surface area (Å²) < 4.78 is 0. The molecule has 2 rings (SSSR count). The van der Waals surface area contributed by atoms with Gasteiger partial charge in [0, 0.05) is 11.1 Å². The molecule has 0 spiro atoms. The van der Waals surface area contributed by atoms with Crippen LogP contribution in [-0.2, 0) is 6.42 Å². The van der Waals surface area contributed by atoms with Crippen LogP contribution in [0.15, 0.2) is 36.4 Å². The normalized spacial score (nSPS) is 12.4. The van der Waals surface area contributed by atoms with E-state index in [9.17, 15) is 0 Å². The topological polar surface area (TPSA) is 12.0 Å². The van der Waals surface area contributed by atoms with Crippen LogP contribution in [0.25, 0.3) is 0 Å². The molecule has 0 aromatic heterocycles. The molecular weight excluding hydrogens is 313 g/mol. The van der Waals surface area contributed by atoms with E-state index in [4.69, 9.17) is 34.8 Å². The highest BCUT2D eigenvalue weighted by atomic mass is 35.5. The molecule has 1 N–H and O–H groups in total. The minimum Gasteiger partial charge on any atom is -0.313 e. The highest BCUT2D eigenvalue weighted by molar-refractivity contribution is 6.42. The Balaban J connectivity index is 2.23. The minimum atomic E-state index is 0.211. The van der Waals surface area contributed by atoms with Gasteiger partial charge in [0.2, 0.25) is 0 Å². The van der Waals surface area contributed by atoms with Crippen molar-refractivity contribution in [3.8, 4) is 0 Å². The van der Waals surface area contributed by atoms with E-state index in [0.29, 0.717) is 10.0 Å². The van der Waals surface area contributed by atoms with Gasteiger partial charge in [0.25, 0.3) is 0 Å². The van der Waals surface area contributed by atoms with Crippen molar-refractivity contribution in [3.63, 3.8) is 0 Å². The van der Waals surface area contributed by atoms with Gasteiger partial charge in [-0.2, -0.15) is 0 Å². The summed E-state index contributed by atoms with van der Waals surface area (Å²) >= 11 is 18.1.